The number of fused-ring (bicyclic) bond motifs is 6. The maximum Gasteiger partial charge on any atom is 0.104 e. The lowest BCUT2D eigenvalue weighted by atomic mass is 9.86. The zero-order chi connectivity index (χ0) is 31.0. The summed E-state index contributed by atoms with van der Waals surface area (Å²) in [6.45, 7) is 13.3. The van der Waals surface area contributed by atoms with Crippen LogP contribution in [0.3, 0.4) is 0 Å². The molecule has 4 nitrogen and oxygen atoms in total. The van der Waals surface area contributed by atoms with Crippen molar-refractivity contribution in [3.05, 3.63) is 119 Å². The normalized spacial score (nSPS) is 12.3. The summed E-state index contributed by atoms with van der Waals surface area (Å²) in [7, 11) is 0. The maximum atomic E-state index is 10.9. The number of para-hydroxylation sites is 2. The fourth-order valence-corrected chi connectivity index (χ4v) is 6.54. The van der Waals surface area contributed by atoms with Crippen molar-refractivity contribution < 1.29 is 0 Å². The summed E-state index contributed by atoms with van der Waals surface area (Å²) in [5.41, 5.74) is 8.94. The van der Waals surface area contributed by atoms with E-state index in [9.17, 15) is 10.5 Å². The van der Waals surface area contributed by atoms with Crippen molar-refractivity contribution >= 4 is 43.6 Å². The number of aromatic nitrogens is 2. The molecule has 0 aliphatic heterocycles. The number of nitriles is 2. The average Bonchev–Trinajstić information content (AvgIpc) is 3.51. The molecule has 4 heteroatoms. The van der Waals surface area contributed by atoms with Crippen molar-refractivity contribution in [2.75, 3.05) is 0 Å². The van der Waals surface area contributed by atoms with Crippen LogP contribution in [-0.2, 0) is 10.8 Å². The third-order valence-corrected chi connectivity index (χ3v) is 8.90. The Kier molecular flexibility index (Phi) is 6.00. The molecule has 7 rings (SSSR count). The fraction of sp³-hybridized carbons (Fsp3) is 0.200. The van der Waals surface area contributed by atoms with E-state index in [0.717, 1.165) is 43.6 Å². The predicted molar refractivity (Wildman–Crippen MR) is 182 cm³/mol. The average molecular weight is 571 g/mol. The first kappa shape index (κ1) is 27.5. The van der Waals surface area contributed by atoms with Crippen molar-refractivity contribution in [3.8, 4) is 23.5 Å². The van der Waals surface area contributed by atoms with E-state index in [1.165, 1.54) is 11.1 Å². The molecule has 0 aliphatic rings. The molecule has 0 fully saturated rings. The smallest absolute Gasteiger partial charge is 0.104 e. The van der Waals surface area contributed by atoms with Crippen LogP contribution >= 0.6 is 0 Å². The van der Waals surface area contributed by atoms with Crippen molar-refractivity contribution in [1.29, 1.82) is 10.5 Å². The Morgan fingerprint density at radius 3 is 1.27 bits per heavy atom. The topological polar surface area (TPSA) is 57.4 Å². The number of rotatable bonds is 2. The molecule has 2 aromatic heterocycles. The third-order valence-electron chi connectivity index (χ3n) is 8.90. The molecule has 0 bridgehead atoms. The van der Waals surface area contributed by atoms with E-state index < -0.39 is 0 Å². The van der Waals surface area contributed by atoms with E-state index >= 15 is 0 Å². The van der Waals surface area contributed by atoms with Crippen LogP contribution in [0.5, 0.6) is 0 Å². The second-order valence-corrected chi connectivity index (χ2v) is 13.8. The summed E-state index contributed by atoms with van der Waals surface area (Å²) in [6.07, 6.45) is 0. The van der Waals surface area contributed by atoms with Gasteiger partial charge in [-0.15, -0.1) is 0 Å². The second kappa shape index (κ2) is 9.60. The minimum atomic E-state index is -0.00745. The van der Waals surface area contributed by atoms with Crippen LogP contribution in [0.2, 0.25) is 0 Å². The molecular formula is C40H34N4. The lowest BCUT2D eigenvalue weighted by Crippen LogP contribution is -2.10. The van der Waals surface area contributed by atoms with Gasteiger partial charge in [0.2, 0.25) is 0 Å². The van der Waals surface area contributed by atoms with Crippen molar-refractivity contribution in [3.63, 3.8) is 0 Å². The molecule has 0 saturated carbocycles. The van der Waals surface area contributed by atoms with Gasteiger partial charge in [-0.05, 0) is 70.5 Å². The lowest BCUT2D eigenvalue weighted by Gasteiger charge is -2.20. The van der Waals surface area contributed by atoms with E-state index in [1.807, 2.05) is 24.3 Å². The number of benzene rings is 5. The van der Waals surface area contributed by atoms with Gasteiger partial charge in [-0.2, -0.15) is 10.5 Å². The summed E-state index contributed by atoms with van der Waals surface area (Å²) in [4.78, 5) is 0. The van der Waals surface area contributed by atoms with Crippen molar-refractivity contribution in [2.45, 2.75) is 52.4 Å². The van der Waals surface area contributed by atoms with E-state index in [4.69, 9.17) is 0 Å². The highest BCUT2D eigenvalue weighted by atomic mass is 15.0. The first-order valence-electron chi connectivity index (χ1n) is 15.1. The predicted octanol–water partition coefficient (Wildman–Crippen LogP) is 10.2. The molecule has 0 saturated heterocycles. The van der Waals surface area contributed by atoms with Gasteiger partial charge in [0.05, 0.1) is 45.1 Å². The Balaban J connectivity index is 1.61. The SMILES string of the molecule is CC(C)(C)c1ccc2c(c1)c1ccccc1n2-c1cc(C#N)cc(-n2c3ccccc3c3cc(C(C)(C)C)ccc32)c1C#N. The third kappa shape index (κ3) is 4.10. The van der Waals surface area contributed by atoms with Gasteiger partial charge >= 0.3 is 0 Å². The van der Waals surface area contributed by atoms with Crippen LogP contribution in [0.15, 0.2) is 97.1 Å². The molecule has 0 N–H and O–H groups in total. The molecule has 0 aliphatic carbocycles. The van der Waals surface area contributed by atoms with Gasteiger partial charge in [0.1, 0.15) is 11.6 Å². The van der Waals surface area contributed by atoms with E-state index in [2.05, 4.69) is 136 Å². The molecule has 0 radical (unpaired) electrons. The van der Waals surface area contributed by atoms with Crippen LogP contribution in [-0.4, -0.2) is 9.13 Å². The molecule has 0 amide bonds. The molecule has 0 atom stereocenters. The highest BCUT2D eigenvalue weighted by Gasteiger charge is 2.24. The Bertz CT molecular complexity index is 2220. The van der Waals surface area contributed by atoms with Crippen LogP contribution in [0.25, 0.3) is 55.0 Å². The first-order valence-corrected chi connectivity index (χ1v) is 15.1. The highest BCUT2D eigenvalue weighted by Crippen LogP contribution is 2.40. The molecule has 214 valence electrons. The fourth-order valence-electron chi connectivity index (χ4n) is 6.54. The van der Waals surface area contributed by atoms with Crippen LogP contribution < -0.4 is 0 Å². The van der Waals surface area contributed by atoms with Crippen LogP contribution in [0.1, 0.15) is 63.8 Å². The molecule has 5 aromatic carbocycles. The van der Waals surface area contributed by atoms with Gasteiger partial charge < -0.3 is 9.13 Å². The van der Waals surface area contributed by atoms with Crippen molar-refractivity contribution in [2.24, 2.45) is 0 Å². The first-order chi connectivity index (χ1) is 21.0. The van der Waals surface area contributed by atoms with Crippen LogP contribution in [0, 0.1) is 22.7 Å². The molecule has 0 spiro atoms. The van der Waals surface area contributed by atoms with E-state index in [0.29, 0.717) is 22.5 Å². The zero-order valence-corrected chi connectivity index (χ0v) is 26.0. The monoisotopic (exact) mass is 570 g/mol. The van der Waals surface area contributed by atoms with Gasteiger partial charge in [0, 0.05) is 21.5 Å². The molecular weight excluding hydrogens is 536 g/mol. The quantitative estimate of drug-likeness (QED) is 0.208. The zero-order valence-electron chi connectivity index (χ0n) is 26.0. The molecule has 7 aromatic rings. The molecule has 44 heavy (non-hydrogen) atoms. The Hall–Kier alpha value is -5.32. The summed E-state index contributed by atoms with van der Waals surface area (Å²) >= 11 is 0. The Morgan fingerprint density at radius 1 is 0.477 bits per heavy atom. The summed E-state index contributed by atoms with van der Waals surface area (Å²) in [6, 6.07) is 38.6. The van der Waals surface area contributed by atoms with Gasteiger partial charge in [-0.1, -0.05) is 90.1 Å². The van der Waals surface area contributed by atoms with E-state index in [-0.39, 0.29) is 10.8 Å². The van der Waals surface area contributed by atoms with E-state index in [1.54, 1.807) is 0 Å². The molecule has 2 heterocycles. The Morgan fingerprint density at radius 2 is 0.886 bits per heavy atom. The number of hydrogen-bond donors (Lipinski definition) is 0. The highest BCUT2D eigenvalue weighted by molar-refractivity contribution is 6.11. The molecule has 0 unspecified atom stereocenters. The van der Waals surface area contributed by atoms with Gasteiger partial charge in [0.25, 0.3) is 0 Å². The summed E-state index contributed by atoms with van der Waals surface area (Å²) < 4.78 is 4.32. The van der Waals surface area contributed by atoms with Gasteiger partial charge in [0.15, 0.2) is 0 Å². The number of nitrogens with zero attached hydrogens (tertiary/aromatic N) is 4. The summed E-state index contributed by atoms with van der Waals surface area (Å²) in [5, 5.41) is 25.7. The standard InChI is InChI=1S/C40H34N4/c1-39(2,3)26-15-17-35-30(21-26)28-11-7-9-13-33(28)43(35)37-19-25(23-41)20-38(32(37)24-42)44-34-14-10-8-12-29(34)31-22-27(40(4,5)6)16-18-36(31)44/h7-22H,1-6H3. The second-order valence-electron chi connectivity index (χ2n) is 13.8. The van der Waals surface area contributed by atoms with Crippen molar-refractivity contribution in [1.82, 2.24) is 9.13 Å². The largest absolute Gasteiger partial charge is 0.308 e. The van der Waals surface area contributed by atoms with Gasteiger partial charge in [-0.3, -0.25) is 0 Å². The van der Waals surface area contributed by atoms with Crippen LogP contribution in [0.4, 0.5) is 0 Å². The summed E-state index contributed by atoms with van der Waals surface area (Å²) in [5.74, 6) is 0. The number of hydrogen-bond acceptors (Lipinski definition) is 2. The minimum absolute atomic E-state index is 0.00745. The Labute approximate surface area is 258 Å². The minimum Gasteiger partial charge on any atom is -0.308 e. The lowest BCUT2D eigenvalue weighted by molar-refractivity contribution is 0.591. The maximum absolute atomic E-state index is 10.9. The van der Waals surface area contributed by atoms with Gasteiger partial charge in [-0.25, -0.2) is 0 Å².